The zero-order valence-electron chi connectivity index (χ0n) is 13.3. The molecule has 2 rings (SSSR count). The predicted octanol–water partition coefficient (Wildman–Crippen LogP) is 2.87. The summed E-state index contributed by atoms with van der Waals surface area (Å²) < 4.78 is 10.5. The van der Waals surface area contributed by atoms with E-state index in [0.717, 1.165) is 5.56 Å². The summed E-state index contributed by atoms with van der Waals surface area (Å²) in [6, 6.07) is 8.87. The molecule has 0 aliphatic carbocycles. The van der Waals surface area contributed by atoms with Gasteiger partial charge in [-0.25, -0.2) is 4.79 Å². The fraction of sp³-hybridized carbons (Fsp3) is 0.235. The van der Waals surface area contributed by atoms with E-state index in [0.29, 0.717) is 29.2 Å². The minimum absolute atomic E-state index is 0.357. The molecule has 0 amide bonds. The zero-order chi connectivity index (χ0) is 16.7. The molecule has 0 fully saturated rings. The van der Waals surface area contributed by atoms with Gasteiger partial charge in [-0.1, -0.05) is 11.2 Å². The van der Waals surface area contributed by atoms with E-state index in [1.54, 1.807) is 39.5 Å². The Hall–Kier alpha value is -2.89. The Morgan fingerprint density at radius 1 is 1.17 bits per heavy atom. The van der Waals surface area contributed by atoms with Crippen LogP contribution in [0.4, 0.5) is 0 Å². The fourth-order valence-electron chi connectivity index (χ4n) is 1.97. The molecule has 0 N–H and O–H groups in total. The van der Waals surface area contributed by atoms with Crippen LogP contribution in [0.2, 0.25) is 0 Å². The van der Waals surface area contributed by atoms with E-state index in [1.807, 2.05) is 18.2 Å². The summed E-state index contributed by atoms with van der Waals surface area (Å²) in [7, 11) is 3.17. The Morgan fingerprint density at radius 3 is 2.61 bits per heavy atom. The van der Waals surface area contributed by atoms with E-state index in [-0.39, 0.29) is 0 Å². The van der Waals surface area contributed by atoms with Gasteiger partial charge in [0.2, 0.25) is 0 Å². The van der Waals surface area contributed by atoms with Crippen molar-refractivity contribution < 1.29 is 19.1 Å². The van der Waals surface area contributed by atoms with Crippen molar-refractivity contribution in [1.82, 2.24) is 4.98 Å². The van der Waals surface area contributed by atoms with Crippen molar-refractivity contribution in [3.8, 4) is 11.5 Å². The molecule has 1 heterocycles. The molecule has 0 spiro atoms. The van der Waals surface area contributed by atoms with Gasteiger partial charge in [-0.3, -0.25) is 4.98 Å². The third kappa shape index (κ3) is 4.54. The van der Waals surface area contributed by atoms with Crippen LogP contribution in [0.25, 0.3) is 0 Å². The lowest BCUT2D eigenvalue weighted by Crippen LogP contribution is -2.05. The Morgan fingerprint density at radius 2 is 1.96 bits per heavy atom. The van der Waals surface area contributed by atoms with Crippen molar-refractivity contribution in [2.24, 2.45) is 5.16 Å². The Bertz CT molecular complexity index is 699. The lowest BCUT2D eigenvalue weighted by atomic mass is 10.1. The SMILES string of the molecule is COc1ccc(C/C(C)=N/OC(=O)c2cccnc2)cc1OC. The number of oxime groups is 1. The molecule has 1 aromatic carbocycles. The van der Waals surface area contributed by atoms with Crippen molar-refractivity contribution in [2.45, 2.75) is 13.3 Å². The van der Waals surface area contributed by atoms with E-state index in [9.17, 15) is 4.79 Å². The summed E-state index contributed by atoms with van der Waals surface area (Å²) in [6.45, 7) is 1.78. The van der Waals surface area contributed by atoms with Crippen LogP contribution in [0.5, 0.6) is 11.5 Å². The highest BCUT2D eigenvalue weighted by molar-refractivity contribution is 5.90. The molecule has 0 unspecified atom stereocenters. The van der Waals surface area contributed by atoms with Crippen LogP contribution in [-0.4, -0.2) is 30.9 Å². The maximum absolute atomic E-state index is 11.8. The molecular formula is C17H18N2O4. The van der Waals surface area contributed by atoms with Crippen LogP contribution in [0.15, 0.2) is 47.9 Å². The van der Waals surface area contributed by atoms with E-state index in [1.165, 1.54) is 6.20 Å². The van der Waals surface area contributed by atoms with Crippen LogP contribution in [0.1, 0.15) is 22.8 Å². The number of rotatable bonds is 6. The summed E-state index contributed by atoms with van der Waals surface area (Å²) in [5.74, 6) is 0.767. The molecule has 0 aliphatic heterocycles. The van der Waals surface area contributed by atoms with Crippen molar-refractivity contribution in [1.29, 1.82) is 0 Å². The second-order valence-electron chi connectivity index (χ2n) is 4.81. The van der Waals surface area contributed by atoms with Crippen LogP contribution < -0.4 is 9.47 Å². The number of methoxy groups -OCH3 is 2. The standard InChI is InChI=1S/C17H18N2O4/c1-12(19-23-17(20)14-5-4-8-18-11-14)9-13-6-7-15(21-2)16(10-13)22-3/h4-8,10-11H,9H2,1-3H3/b19-12+. The smallest absolute Gasteiger partial charge is 0.367 e. The fourth-order valence-corrected chi connectivity index (χ4v) is 1.97. The normalized spacial score (nSPS) is 11.0. The second-order valence-corrected chi connectivity index (χ2v) is 4.81. The zero-order valence-corrected chi connectivity index (χ0v) is 13.3. The highest BCUT2D eigenvalue weighted by Gasteiger charge is 2.08. The van der Waals surface area contributed by atoms with Crippen LogP contribution >= 0.6 is 0 Å². The molecule has 6 nitrogen and oxygen atoms in total. The third-order valence-electron chi connectivity index (χ3n) is 3.09. The minimum atomic E-state index is -0.537. The summed E-state index contributed by atoms with van der Waals surface area (Å²) >= 11 is 0. The van der Waals surface area contributed by atoms with E-state index in [4.69, 9.17) is 14.3 Å². The molecule has 120 valence electrons. The van der Waals surface area contributed by atoms with E-state index >= 15 is 0 Å². The van der Waals surface area contributed by atoms with Gasteiger partial charge < -0.3 is 14.3 Å². The lowest BCUT2D eigenvalue weighted by Gasteiger charge is -2.09. The summed E-state index contributed by atoms with van der Waals surface area (Å²) in [5, 5.41) is 3.86. The molecule has 6 heteroatoms. The van der Waals surface area contributed by atoms with Crippen molar-refractivity contribution >= 4 is 11.7 Å². The molecule has 1 aromatic heterocycles. The Balaban J connectivity index is 2.01. The number of pyridine rings is 1. The van der Waals surface area contributed by atoms with Gasteiger partial charge in [0.1, 0.15) is 0 Å². The van der Waals surface area contributed by atoms with E-state index in [2.05, 4.69) is 10.1 Å². The maximum atomic E-state index is 11.8. The lowest BCUT2D eigenvalue weighted by molar-refractivity contribution is 0.0514. The average molecular weight is 314 g/mol. The largest absolute Gasteiger partial charge is 0.493 e. The van der Waals surface area contributed by atoms with Gasteiger partial charge in [-0.2, -0.15) is 0 Å². The quantitative estimate of drug-likeness (QED) is 0.466. The Labute approximate surface area is 134 Å². The van der Waals surface area contributed by atoms with Gasteiger partial charge >= 0.3 is 5.97 Å². The van der Waals surface area contributed by atoms with E-state index < -0.39 is 5.97 Å². The molecule has 0 aliphatic rings. The van der Waals surface area contributed by atoms with Gasteiger partial charge in [0.15, 0.2) is 11.5 Å². The minimum Gasteiger partial charge on any atom is -0.493 e. The van der Waals surface area contributed by atoms with Crippen molar-refractivity contribution in [3.05, 3.63) is 53.9 Å². The van der Waals surface area contributed by atoms with Gasteiger partial charge in [-0.15, -0.1) is 0 Å². The molecule has 2 aromatic rings. The first-order valence-electron chi connectivity index (χ1n) is 6.99. The number of aromatic nitrogens is 1. The maximum Gasteiger partial charge on any atom is 0.367 e. The first-order chi connectivity index (χ1) is 11.1. The highest BCUT2D eigenvalue weighted by Crippen LogP contribution is 2.27. The van der Waals surface area contributed by atoms with Gasteiger partial charge in [0, 0.05) is 18.8 Å². The Kier molecular flexibility index (Phi) is 5.68. The third-order valence-corrected chi connectivity index (χ3v) is 3.09. The second kappa shape index (κ2) is 7.93. The van der Waals surface area contributed by atoms with Gasteiger partial charge in [-0.05, 0) is 36.8 Å². The van der Waals surface area contributed by atoms with Crippen molar-refractivity contribution in [3.63, 3.8) is 0 Å². The first kappa shape index (κ1) is 16.5. The number of benzene rings is 1. The number of nitrogens with zero attached hydrogens (tertiary/aromatic N) is 2. The molecule has 23 heavy (non-hydrogen) atoms. The highest BCUT2D eigenvalue weighted by atomic mass is 16.7. The number of hydrogen-bond acceptors (Lipinski definition) is 6. The molecular weight excluding hydrogens is 296 g/mol. The topological polar surface area (TPSA) is 70.0 Å². The number of carbonyl (C=O) groups excluding carboxylic acids is 1. The van der Waals surface area contributed by atoms with Crippen LogP contribution in [0, 0.1) is 0 Å². The molecule has 0 saturated carbocycles. The van der Waals surface area contributed by atoms with Crippen molar-refractivity contribution in [2.75, 3.05) is 14.2 Å². The monoisotopic (exact) mass is 314 g/mol. The average Bonchev–Trinajstić information content (AvgIpc) is 2.60. The van der Waals surface area contributed by atoms with Crippen LogP contribution in [0.3, 0.4) is 0 Å². The molecule has 0 atom stereocenters. The first-order valence-corrected chi connectivity index (χ1v) is 6.99. The number of carbonyl (C=O) groups is 1. The van der Waals surface area contributed by atoms with Gasteiger partial charge in [0.05, 0.1) is 25.5 Å². The number of hydrogen-bond donors (Lipinski definition) is 0. The summed E-state index contributed by atoms with van der Waals surface area (Å²) in [5.41, 5.74) is 1.99. The summed E-state index contributed by atoms with van der Waals surface area (Å²) in [4.78, 5) is 20.6. The summed E-state index contributed by atoms with van der Waals surface area (Å²) in [6.07, 6.45) is 3.55. The predicted molar refractivity (Wildman–Crippen MR) is 86.0 cm³/mol. The number of ether oxygens (including phenoxy) is 2. The molecule has 0 saturated heterocycles. The molecule has 0 radical (unpaired) electrons. The molecule has 0 bridgehead atoms. The van der Waals surface area contributed by atoms with Gasteiger partial charge in [0.25, 0.3) is 0 Å². The van der Waals surface area contributed by atoms with Crippen LogP contribution in [-0.2, 0) is 11.3 Å².